The number of halogens is 1. The Labute approximate surface area is 173 Å². The molecule has 0 saturated carbocycles. The third kappa shape index (κ3) is 3.51. The van der Waals surface area contributed by atoms with Crippen molar-refractivity contribution in [3.63, 3.8) is 0 Å². The minimum absolute atomic E-state index is 0.0558. The average molecular weight is 468 g/mol. The maximum Gasteiger partial charge on any atom is 0.341 e. The Kier molecular flexibility index (Phi) is 5.46. The van der Waals surface area contributed by atoms with E-state index in [1.54, 1.807) is 6.92 Å². The molecule has 0 amide bonds. The van der Waals surface area contributed by atoms with Gasteiger partial charge >= 0.3 is 5.97 Å². The number of hydrogen-bond donors (Lipinski definition) is 1. The number of anilines is 1. The van der Waals surface area contributed by atoms with Crippen LogP contribution in [0.3, 0.4) is 0 Å². The van der Waals surface area contributed by atoms with Gasteiger partial charge in [-0.05, 0) is 67.8 Å². The zero-order valence-corrected chi connectivity index (χ0v) is 18.5. The summed E-state index contributed by atoms with van der Waals surface area (Å²) >= 11 is 3.50. The summed E-state index contributed by atoms with van der Waals surface area (Å²) in [6, 6.07) is 8.16. The normalized spacial score (nSPS) is 18.8. The highest BCUT2D eigenvalue weighted by molar-refractivity contribution is 9.10. The number of fused-ring (bicyclic) bond motifs is 1. The predicted molar refractivity (Wildman–Crippen MR) is 111 cm³/mol. The molecular formula is C20H22BrNO5S. The molecule has 1 N–H and O–H groups in total. The molecule has 0 saturated heterocycles. The molecule has 2 aromatic rings. The first-order valence-electron chi connectivity index (χ1n) is 8.83. The highest BCUT2D eigenvalue weighted by atomic mass is 79.9. The van der Waals surface area contributed by atoms with E-state index in [0.717, 1.165) is 21.3 Å². The van der Waals surface area contributed by atoms with Crippen LogP contribution in [0.2, 0.25) is 0 Å². The topological polar surface area (TPSA) is 83.9 Å². The van der Waals surface area contributed by atoms with Crippen LogP contribution in [0.1, 0.15) is 36.5 Å². The van der Waals surface area contributed by atoms with Gasteiger partial charge in [-0.2, -0.15) is 0 Å². The SMILES string of the molecule is Cc1cc(S(=O)(=O)N2c3c(C)cc(Br)cc3C(C)C2C)ccc1OCC(=O)O. The fourth-order valence-corrected chi connectivity index (χ4v) is 6.11. The summed E-state index contributed by atoms with van der Waals surface area (Å²) in [5, 5.41) is 8.75. The van der Waals surface area contributed by atoms with Gasteiger partial charge in [0, 0.05) is 16.4 Å². The fourth-order valence-electron chi connectivity index (χ4n) is 3.61. The van der Waals surface area contributed by atoms with Gasteiger partial charge in [-0.15, -0.1) is 0 Å². The van der Waals surface area contributed by atoms with Gasteiger partial charge < -0.3 is 9.84 Å². The Morgan fingerprint density at radius 2 is 1.86 bits per heavy atom. The molecule has 2 atom stereocenters. The van der Waals surface area contributed by atoms with Gasteiger partial charge in [0.15, 0.2) is 6.61 Å². The first-order valence-corrected chi connectivity index (χ1v) is 11.1. The quantitative estimate of drug-likeness (QED) is 0.710. The highest BCUT2D eigenvalue weighted by Gasteiger charge is 2.41. The molecule has 0 fully saturated rings. The zero-order chi connectivity index (χ0) is 20.8. The molecule has 0 aromatic heterocycles. The van der Waals surface area contributed by atoms with Crippen LogP contribution in [0, 0.1) is 13.8 Å². The Morgan fingerprint density at radius 1 is 1.18 bits per heavy atom. The standard InChI is InChI=1S/C20H22BrNO5S/c1-11-8-16(5-6-18(11)27-10-19(23)24)28(25,26)22-14(4)13(3)17-9-15(21)7-12(2)20(17)22/h5-9,13-14H,10H2,1-4H3,(H,23,24). The van der Waals surface area contributed by atoms with Gasteiger partial charge in [0.2, 0.25) is 0 Å². The number of ether oxygens (including phenoxy) is 1. The molecule has 6 nitrogen and oxygen atoms in total. The van der Waals surface area contributed by atoms with Crippen LogP contribution in [0.25, 0.3) is 0 Å². The fraction of sp³-hybridized carbons (Fsp3) is 0.350. The number of carboxylic acid groups (broad SMARTS) is 1. The monoisotopic (exact) mass is 467 g/mol. The van der Waals surface area contributed by atoms with Gasteiger partial charge in [0.05, 0.1) is 10.6 Å². The van der Waals surface area contributed by atoms with Crippen molar-refractivity contribution < 1.29 is 23.1 Å². The molecule has 28 heavy (non-hydrogen) atoms. The lowest BCUT2D eigenvalue weighted by molar-refractivity contribution is -0.139. The van der Waals surface area contributed by atoms with Crippen molar-refractivity contribution in [3.05, 3.63) is 51.5 Å². The maximum atomic E-state index is 13.5. The molecule has 1 aliphatic rings. The van der Waals surface area contributed by atoms with Crippen LogP contribution in [0.15, 0.2) is 39.7 Å². The lowest BCUT2D eigenvalue weighted by Gasteiger charge is -2.27. The van der Waals surface area contributed by atoms with Crippen molar-refractivity contribution in [1.82, 2.24) is 0 Å². The van der Waals surface area contributed by atoms with Crippen LogP contribution in [-0.2, 0) is 14.8 Å². The lowest BCUT2D eigenvalue weighted by atomic mass is 9.97. The van der Waals surface area contributed by atoms with Gasteiger partial charge in [-0.3, -0.25) is 4.31 Å². The number of carboxylic acids is 1. The van der Waals surface area contributed by atoms with Crippen molar-refractivity contribution in [2.75, 3.05) is 10.9 Å². The summed E-state index contributed by atoms with van der Waals surface area (Å²) in [5.74, 6) is -0.681. The second-order valence-electron chi connectivity index (χ2n) is 7.10. The largest absolute Gasteiger partial charge is 0.482 e. The molecular weight excluding hydrogens is 446 g/mol. The number of rotatable bonds is 5. The molecule has 0 aliphatic carbocycles. The van der Waals surface area contributed by atoms with Crippen LogP contribution in [0.4, 0.5) is 5.69 Å². The molecule has 150 valence electrons. The summed E-state index contributed by atoms with van der Waals surface area (Å²) in [7, 11) is -3.79. The second kappa shape index (κ2) is 7.40. The van der Waals surface area contributed by atoms with E-state index in [9.17, 15) is 13.2 Å². The van der Waals surface area contributed by atoms with Crippen molar-refractivity contribution in [2.24, 2.45) is 0 Å². The van der Waals surface area contributed by atoms with Crippen molar-refractivity contribution in [2.45, 2.75) is 44.6 Å². The smallest absolute Gasteiger partial charge is 0.341 e. The highest BCUT2D eigenvalue weighted by Crippen LogP contribution is 2.46. The minimum atomic E-state index is -3.79. The van der Waals surface area contributed by atoms with Gasteiger partial charge in [-0.1, -0.05) is 22.9 Å². The van der Waals surface area contributed by atoms with E-state index in [-0.39, 0.29) is 16.9 Å². The van der Waals surface area contributed by atoms with E-state index in [0.29, 0.717) is 11.3 Å². The third-order valence-corrected chi connectivity index (χ3v) is 7.49. The first kappa shape index (κ1) is 20.7. The number of benzene rings is 2. The number of hydrogen-bond acceptors (Lipinski definition) is 4. The van der Waals surface area contributed by atoms with Crippen LogP contribution >= 0.6 is 15.9 Å². The summed E-state index contributed by atoms with van der Waals surface area (Å²) in [5.41, 5.74) is 3.19. The first-order chi connectivity index (χ1) is 13.0. The Hall–Kier alpha value is -2.06. The number of sulfonamides is 1. The Morgan fingerprint density at radius 3 is 2.46 bits per heavy atom. The molecule has 0 radical (unpaired) electrons. The third-order valence-electron chi connectivity index (χ3n) is 5.15. The molecule has 3 rings (SSSR count). The molecule has 1 aliphatic heterocycles. The van der Waals surface area contributed by atoms with Crippen molar-refractivity contribution in [3.8, 4) is 5.75 Å². The number of aliphatic carboxylic acids is 1. The summed E-state index contributed by atoms with van der Waals surface area (Å²) in [6.45, 7) is 7.06. The van der Waals surface area contributed by atoms with E-state index in [4.69, 9.17) is 9.84 Å². The van der Waals surface area contributed by atoms with E-state index < -0.39 is 22.6 Å². The van der Waals surface area contributed by atoms with Crippen molar-refractivity contribution >= 4 is 37.6 Å². The number of aryl methyl sites for hydroxylation is 2. The number of carbonyl (C=O) groups is 1. The van der Waals surface area contributed by atoms with E-state index in [2.05, 4.69) is 15.9 Å². The second-order valence-corrected chi connectivity index (χ2v) is 9.83. The minimum Gasteiger partial charge on any atom is -0.482 e. The van der Waals surface area contributed by atoms with E-state index in [1.807, 2.05) is 32.9 Å². The summed E-state index contributed by atoms with van der Waals surface area (Å²) in [6.07, 6.45) is 0. The molecule has 0 bridgehead atoms. The van der Waals surface area contributed by atoms with Crippen LogP contribution < -0.4 is 9.04 Å². The van der Waals surface area contributed by atoms with E-state index in [1.165, 1.54) is 22.5 Å². The van der Waals surface area contributed by atoms with Gasteiger partial charge in [0.1, 0.15) is 5.75 Å². The Balaban J connectivity index is 2.05. The predicted octanol–water partition coefficient (Wildman–Crippen LogP) is 4.23. The zero-order valence-electron chi connectivity index (χ0n) is 16.1. The van der Waals surface area contributed by atoms with Gasteiger partial charge in [-0.25, -0.2) is 13.2 Å². The molecule has 2 aromatic carbocycles. The van der Waals surface area contributed by atoms with Crippen LogP contribution in [-0.4, -0.2) is 32.1 Å². The van der Waals surface area contributed by atoms with E-state index >= 15 is 0 Å². The van der Waals surface area contributed by atoms with Crippen molar-refractivity contribution in [1.29, 1.82) is 0 Å². The molecule has 2 unspecified atom stereocenters. The molecule has 8 heteroatoms. The number of nitrogens with zero attached hydrogens (tertiary/aromatic N) is 1. The molecule has 1 heterocycles. The summed E-state index contributed by atoms with van der Waals surface area (Å²) in [4.78, 5) is 10.8. The summed E-state index contributed by atoms with van der Waals surface area (Å²) < 4.78 is 34.6. The molecule has 0 spiro atoms. The Bertz CT molecular complexity index is 1050. The lowest BCUT2D eigenvalue weighted by Crippen LogP contribution is -2.37. The average Bonchev–Trinajstić information content (AvgIpc) is 2.86. The van der Waals surface area contributed by atoms with Gasteiger partial charge in [0.25, 0.3) is 10.0 Å². The maximum absolute atomic E-state index is 13.5. The van der Waals surface area contributed by atoms with Crippen LogP contribution in [0.5, 0.6) is 5.75 Å².